The molecule has 148 valence electrons. The lowest BCUT2D eigenvalue weighted by molar-refractivity contribution is -0.139. The smallest absolute Gasteiger partial charge is 0.419 e. The van der Waals surface area contributed by atoms with Crippen LogP contribution >= 0.6 is 0 Å². The number of ether oxygens (including phenoxy) is 1. The number of aromatic nitrogens is 4. The van der Waals surface area contributed by atoms with E-state index in [1.807, 2.05) is 6.92 Å². The molecule has 0 aliphatic rings. The van der Waals surface area contributed by atoms with Gasteiger partial charge in [-0.3, -0.25) is 0 Å². The average molecular weight is 393 g/mol. The summed E-state index contributed by atoms with van der Waals surface area (Å²) in [5.41, 5.74) is -0.453. The van der Waals surface area contributed by atoms with E-state index in [-0.39, 0.29) is 29.1 Å². The molecule has 28 heavy (non-hydrogen) atoms. The van der Waals surface area contributed by atoms with E-state index in [1.54, 1.807) is 14.0 Å². The van der Waals surface area contributed by atoms with Crippen molar-refractivity contribution in [3.63, 3.8) is 0 Å². The van der Waals surface area contributed by atoms with E-state index in [0.29, 0.717) is 17.9 Å². The Labute approximate surface area is 159 Å². The molecule has 0 saturated heterocycles. The molecule has 2 heterocycles. The molecule has 1 atom stereocenters. The van der Waals surface area contributed by atoms with Gasteiger partial charge in [-0.2, -0.15) is 18.2 Å². The normalized spacial score (nSPS) is 12.6. The zero-order chi connectivity index (χ0) is 20.3. The van der Waals surface area contributed by atoms with Gasteiger partial charge in [0, 0.05) is 25.0 Å². The third kappa shape index (κ3) is 4.05. The molecule has 0 spiro atoms. The molecule has 0 amide bonds. The van der Waals surface area contributed by atoms with E-state index in [2.05, 4.69) is 25.4 Å². The minimum absolute atomic E-state index is 0.0664. The lowest BCUT2D eigenvalue weighted by Gasteiger charge is -2.18. The van der Waals surface area contributed by atoms with E-state index in [4.69, 9.17) is 9.26 Å². The molecular formula is C18H18F3N5O2. The fourth-order valence-electron chi connectivity index (χ4n) is 2.41. The topological polar surface area (TPSA) is 86.0 Å². The summed E-state index contributed by atoms with van der Waals surface area (Å²) in [4.78, 5) is 12.4. The monoisotopic (exact) mass is 393 g/mol. The van der Waals surface area contributed by atoms with Gasteiger partial charge in [0.2, 0.25) is 5.82 Å². The Hall–Kier alpha value is -3.17. The molecule has 1 N–H and O–H groups in total. The van der Waals surface area contributed by atoms with Gasteiger partial charge < -0.3 is 14.6 Å². The second-order valence-electron chi connectivity index (χ2n) is 5.97. The third-order valence-electron chi connectivity index (χ3n) is 4.01. The molecule has 0 unspecified atom stereocenters. The van der Waals surface area contributed by atoms with Gasteiger partial charge in [-0.1, -0.05) is 12.1 Å². The van der Waals surface area contributed by atoms with Crippen molar-refractivity contribution in [1.29, 1.82) is 0 Å². The van der Waals surface area contributed by atoms with Crippen LogP contribution in [0.1, 0.15) is 25.8 Å². The summed E-state index contributed by atoms with van der Waals surface area (Å²) >= 11 is 0. The van der Waals surface area contributed by atoms with E-state index in [9.17, 15) is 13.2 Å². The summed E-state index contributed by atoms with van der Waals surface area (Å²) in [7, 11) is 1.65. The molecule has 7 nitrogen and oxygen atoms in total. The summed E-state index contributed by atoms with van der Waals surface area (Å²) in [6, 6.07) is 3.64. The van der Waals surface area contributed by atoms with Crippen molar-refractivity contribution in [2.75, 3.05) is 12.4 Å². The fourth-order valence-corrected chi connectivity index (χ4v) is 2.41. The molecule has 2 aromatic heterocycles. The molecule has 3 aromatic rings. The number of hydrogen-bond donors (Lipinski definition) is 1. The molecule has 0 aliphatic heterocycles. The second-order valence-corrected chi connectivity index (χ2v) is 5.97. The van der Waals surface area contributed by atoms with Crippen LogP contribution in [0, 0.1) is 0 Å². The summed E-state index contributed by atoms with van der Waals surface area (Å²) < 4.78 is 51.0. The molecule has 10 heteroatoms. The maximum absolute atomic E-state index is 13.5. The Morgan fingerprint density at radius 2 is 1.96 bits per heavy atom. The van der Waals surface area contributed by atoms with Crippen molar-refractivity contribution in [2.24, 2.45) is 0 Å². The standard InChI is InChI=1S/C18H18F3N5O2/c1-4-10(2)27-13-6-5-11(9-12(13)18(19,20)21)17-25-16(26-28-17)14-15(22-3)24-8-7-23-14/h5-10H,4H2,1-3H3,(H,22,24)/t10-/m0/s1. The minimum Gasteiger partial charge on any atom is -0.490 e. The van der Waals surface area contributed by atoms with Crippen LogP contribution in [-0.4, -0.2) is 33.3 Å². The number of benzene rings is 1. The van der Waals surface area contributed by atoms with Gasteiger partial charge in [-0.25, -0.2) is 9.97 Å². The quantitative estimate of drug-likeness (QED) is 0.663. The summed E-state index contributed by atoms with van der Waals surface area (Å²) in [5, 5.41) is 6.65. The van der Waals surface area contributed by atoms with E-state index in [1.165, 1.54) is 24.5 Å². The first kappa shape index (κ1) is 19.6. The van der Waals surface area contributed by atoms with Crippen molar-refractivity contribution in [1.82, 2.24) is 20.1 Å². The first-order valence-corrected chi connectivity index (χ1v) is 8.54. The highest BCUT2D eigenvalue weighted by molar-refractivity contribution is 5.67. The van der Waals surface area contributed by atoms with Crippen molar-refractivity contribution < 1.29 is 22.4 Å². The van der Waals surface area contributed by atoms with Crippen LogP contribution < -0.4 is 10.1 Å². The molecule has 1 aromatic carbocycles. The van der Waals surface area contributed by atoms with Crippen LogP contribution in [0.2, 0.25) is 0 Å². The van der Waals surface area contributed by atoms with Crippen LogP contribution in [0.25, 0.3) is 23.0 Å². The van der Waals surface area contributed by atoms with Gasteiger partial charge in [0.25, 0.3) is 5.89 Å². The van der Waals surface area contributed by atoms with Gasteiger partial charge >= 0.3 is 6.18 Å². The van der Waals surface area contributed by atoms with Gasteiger partial charge in [0.1, 0.15) is 5.75 Å². The van der Waals surface area contributed by atoms with Gasteiger partial charge in [-0.15, -0.1) is 0 Å². The number of hydrogen-bond acceptors (Lipinski definition) is 7. The zero-order valence-electron chi connectivity index (χ0n) is 15.4. The maximum atomic E-state index is 13.5. The summed E-state index contributed by atoms with van der Waals surface area (Å²) in [5.74, 6) is 0.226. The maximum Gasteiger partial charge on any atom is 0.419 e. The molecule has 0 aliphatic carbocycles. The minimum atomic E-state index is -4.59. The van der Waals surface area contributed by atoms with Crippen LogP contribution in [-0.2, 0) is 6.18 Å². The number of nitrogens with one attached hydrogen (secondary N) is 1. The Bertz CT molecular complexity index is 958. The lowest BCUT2D eigenvalue weighted by Crippen LogP contribution is -2.15. The molecule has 0 radical (unpaired) electrons. The average Bonchev–Trinajstić information content (AvgIpc) is 3.17. The van der Waals surface area contributed by atoms with Crippen LogP contribution in [0.4, 0.5) is 19.0 Å². The highest BCUT2D eigenvalue weighted by Crippen LogP contribution is 2.39. The molecule has 0 saturated carbocycles. The first-order chi connectivity index (χ1) is 13.3. The zero-order valence-corrected chi connectivity index (χ0v) is 15.4. The summed E-state index contributed by atoms with van der Waals surface area (Å²) in [6.07, 6.45) is -1.42. The first-order valence-electron chi connectivity index (χ1n) is 8.54. The Kier molecular flexibility index (Phi) is 5.48. The highest BCUT2D eigenvalue weighted by Gasteiger charge is 2.35. The Morgan fingerprint density at radius 1 is 1.21 bits per heavy atom. The van der Waals surface area contributed by atoms with Crippen LogP contribution in [0.3, 0.4) is 0 Å². The van der Waals surface area contributed by atoms with Crippen molar-refractivity contribution >= 4 is 5.82 Å². The van der Waals surface area contributed by atoms with Crippen molar-refractivity contribution in [3.05, 3.63) is 36.2 Å². The second kappa shape index (κ2) is 7.83. The van der Waals surface area contributed by atoms with Crippen LogP contribution in [0.15, 0.2) is 35.1 Å². The lowest BCUT2D eigenvalue weighted by atomic mass is 10.1. The number of nitrogens with zero attached hydrogens (tertiary/aromatic N) is 4. The third-order valence-corrected chi connectivity index (χ3v) is 4.01. The molecule has 3 rings (SSSR count). The predicted molar refractivity (Wildman–Crippen MR) is 95.7 cm³/mol. The molecule has 0 fully saturated rings. The predicted octanol–water partition coefficient (Wildman–Crippen LogP) is 4.43. The Balaban J connectivity index is 2.00. The SMILES string of the molecule is CC[C@H](C)Oc1ccc(-c2nc(-c3nccnc3NC)no2)cc1C(F)(F)F. The largest absolute Gasteiger partial charge is 0.490 e. The fraction of sp³-hybridized carbons (Fsp3) is 0.333. The van der Waals surface area contributed by atoms with E-state index < -0.39 is 11.7 Å². The van der Waals surface area contributed by atoms with E-state index >= 15 is 0 Å². The summed E-state index contributed by atoms with van der Waals surface area (Å²) in [6.45, 7) is 3.54. The van der Waals surface area contributed by atoms with Crippen molar-refractivity contribution in [3.8, 4) is 28.7 Å². The van der Waals surface area contributed by atoms with Gasteiger partial charge in [0.15, 0.2) is 11.5 Å². The van der Waals surface area contributed by atoms with Gasteiger partial charge in [-0.05, 0) is 31.5 Å². The van der Waals surface area contributed by atoms with Crippen molar-refractivity contribution in [2.45, 2.75) is 32.5 Å². The number of alkyl halides is 3. The number of anilines is 1. The molecule has 0 bridgehead atoms. The van der Waals surface area contributed by atoms with Crippen LogP contribution in [0.5, 0.6) is 5.75 Å². The number of rotatable bonds is 6. The van der Waals surface area contributed by atoms with E-state index in [0.717, 1.165) is 6.07 Å². The highest BCUT2D eigenvalue weighted by atomic mass is 19.4. The molecular weight excluding hydrogens is 375 g/mol. The number of halogens is 3. The van der Waals surface area contributed by atoms with Gasteiger partial charge in [0.05, 0.1) is 11.7 Å². The Morgan fingerprint density at radius 3 is 2.64 bits per heavy atom.